The molecule has 0 aliphatic carbocycles. The standard InChI is InChI=1S/C4H5BF6O3/c6-3(7,8)1-13-5(12)14-2-4(9,10)11/h12H,1-2H2. The second kappa shape index (κ2) is 4.85. The fraction of sp³-hybridized carbons (Fsp3) is 1.00. The van der Waals surface area contributed by atoms with Gasteiger partial charge < -0.3 is 14.3 Å². The maximum atomic E-state index is 11.4. The van der Waals surface area contributed by atoms with Crippen LogP contribution in [-0.4, -0.2) is 37.9 Å². The molecule has 0 aliphatic rings. The van der Waals surface area contributed by atoms with Crippen LogP contribution in [0.3, 0.4) is 0 Å². The van der Waals surface area contributed by atoms with E-state index in [0.29, 0.717) is 0 Å². The van der Waals surface area contributed by atoms with Crippen LogP contribution in [0.2, 0.25) is 0 Å². The minimum absolute atomic E-state index is 1.88. The summed E-state index contributed by atoms with van der Waals surface area (Å²) in [4.78, 5) is 0. The van der Waals surface area contributed by atoms with Gasteiger partial charge in [-0.1, -0.05) is 0 Å². The third-order valence-corrected chi connectivity index (χ3v) is 0.779. The van der Waals surface area contributed by atoms with E-state index in [4.69, 9.17) is 5.02 Å². The molecule has 0 spiro atoms. The van der Waals surface area contributed by atoms with Gasteiger partial charge in [-0.15, -0.1) is 0 Å². The Morgan fingerprint density at radius 2 is 1.14 bits per heavy atom. The van der Waals surface area contributed by atoms with Gasteiger partial charge in [0.1, 0.15) is 13.2 Å². The highest BCUT2D eigenvalue weighted by atomic mass is 19.4. The molecule has 0 rings (SSSR count). The van der Waals surface area contributed by atoms with E-state index in [1.807, 2.05) is 0 Å². The molecule has 0 radical (unpaired) electrons. The first-order valence-electron chi connectivity index (χ1n) is 3.15. The summed E-state index contributed by atoms with van der Waals surface area (Å²) in [6.07, 6.45) is -9.47. The first-order chi connectivity index (χ1) is 6.10. The Labute approximate surface area is 74.8 Å². The van der Waals surface area contributed by atoms with E-state index < -0.39 is 32.9 Å². The van der Waals surface area contributed by atoms with Crippen molar-refractivity contribution in [2.75, 3.05) is 13.2 Å². The molecular weight excluding hydrogens is 221 g/mol. The molecule has 0 fully saturated rings. The molecule has 3 nitrogen and oxygen atoms in total. The van der Waals surface area contributed by atoms with Crippen molar-refractivity contribution in [1.29, 1.82) is 0 Å². The quantitative estimate of drug-likeness (QED) is 0.576. The lowest BCUT2D eigenvalue weighted by molar-refractivity contribution is -0.174. The molecule has 1 N–H and O–H groups in total. The highest BCUT2D eigenvalue weighted by Crippen LogP contribution is 2.17. The first-order valence-corrected chi connectivity index (χ1v) is 3.15. The van der Waals surface area contributed by atoms with E-state index in [-0.39, 0.29) is 0 Å². The molecule has 84 valence electrons. The Balaban J connectivity index is 3.62. The van der Waals surface area contributed by atoms with Gasteiger partial charge in [0.25, 0.3) is 0 Å². The van der Waals surface area contributed by atoms with Gasteiger partial charge in [0.2, 0.25) is 0 Å². The van der Waals surface area contributed by atoms with Crippen molar-refractivity contribution in [1.82, 2.24) is 0 Å². The van der Waals surface area contributed by atoms with Gasteiger partial charge in [0.05, 0.1) is 0 Å². The summed E-state index contributed by atoms with van der Waals surface area (Å²) < 4.78 is 75.3. The molecule has 0 bridgehead atoms. The van der Waals surface area contributed by atoms with Crippen LogP contribution < -0.4 is 0 Å². The topological polar surface area (TPSA) is 38.7 Å². The third kappa shape index (κ3) is 9.61. The molecule has 0 aromatic heterocycles. The Morgan fingerprint density at radius 1 is 0.857 bits per heavy atom. The zero-order chi connectivity index (χ0) is 11.4. The predicted molar refractivity (Wildman–Crippen MR) is 32.0 cm³/mol. The Kier molecular flexibility index (Phi) is 4.68. The summed E-state index contributed by atoms with van der Waals surface area (Å²) in [6, 6.07) is 0. The van der Waals surface area contributed by atoms with Crippen LogP contribution in [0.15, 0.2) is 0 Å². The number of halogens is 6. The van der Waals surface area contributed by atoms with Gasteiger partial charge >= 0.3 is 19.7 Å². The monoisotopic (exact) mass is 226 g/mol. The molecule has 0 heterocycles. The minimum atomic E-state index is -4.73. The van der Waals surface area contributed by atoms with Crippen LogP contribution in [-0.2, 0) is 9.31 Å². The maximum Gasteiger partial charge on any atom is 0.637 e. The van der Waals surface area contributed by atoms with E-state index in [0.717, 1.165) is 0 Å². The second-order valence-corrected chi connectivity index (χ2v) is 2.16. The van der Waals surface area contributed by atoms with Crippen LogP contribution in [0.4, 0.5) is 26.3 Å². The molecule has 0 aromatic carbocycles. The van der Waals surface area contributed by atoms with E-state index >= 15 is 0 Å². The molecule has 0 atom stereocenters. The van der Waals surface area contributed by atoms with Crippen molar-refractivity contribution in [3.05, 3.63) is 0 Å². The molecule has 0 saturated heterocycles. The van der Waals surface area contributed by atoms with Gasteiger partial charge in [-0.3, -0.25) is 0 Å². The Bertz CT molecular complexity index is 149. The Hall–Kier alpha value is -0.475. The van der Waals surface area contributed by atoms with Crippen molar-refractivity contribution in [3.63, 3.8) is 0 Å². The predicted octanol–water partition coefficient (Wildman–Crippen LogP) is 1.12. The van der Waals surface area contributed by atoms with E-state index in [1.165, 1.54) is 0 Å². The summed E-state index contributed by atoms with van der Waals surface area (Å²) in [5.74, 6) is 0. The third-order valence-electron chi connectivity index (χ3n) is 0.779. The number of alkyl halides is 6. The van der Waals surface area contributed by atoms with Gasteiger partial charge in [-0.2, -0.15) is 26.3 Å². The maximum absolute atomic E-state index is 11.4. The van der Waals surface area contributed by atoms with Crippen molar-refractivity contribution >= 4 is 7.32 Å². The highest BCUT2D eigenvalue weighted by molar-refractivity contribution is 6.34. The van der Waals surface area contributed by atoms with Gasteiger partial charge in [-0.05, 0) is 0 Å². The van der Waals surface area contributed by atoms with E-state index in [1.54, 1.807) is 0 Å². The molecule has 0 amide bonds. The normalized spacial score (nSPS) is 13.1. The fourth-order valence-electron chi connectivity index (χ4n) is 0.380. The molecule has 0 aliphatic heterocycles. The summed E-state index contributed by atoms with van der Waals surface area (Å²) >= 11 is 0. The zero-order valence-electron chi connectivity index (χ0n) is 6.52. The SMILES string of the molecule is OB(OCC(F)(F)F)OCC(F)(F)F. The first kappa shape index (κ1) is 13.5. The number of hydrogen-bond donors (Lipinski definition) is 1. The van der Waals surface area contributed by atoms with Crippen molar-refractivity contribution in [3.8, 4) is 0 Å². The summed E-state index contributed by atoms with van der Waals surface area (Å²) in [7, 11) is -2.54. The highest BCUT2D eigenvalue weighted by Gasteiger charge is 2.34. The van der Waals surface area contributed by atoms with Crippen LogP contribution in [0.25, 0.3) is 0 Å². The zero-order valence-corrected chi connectivity index (χ0v) is 6.52. The molecule has 0 aromatic rings. The largest absolute Gasteiger partial charge is 0.637 e. The number of hydrogen-bond acceptors (Lipinski definition) is 3. The van der Waals surface area contributed by atoms with E-state index in [9.17, 15) is 26.3 Å². The van der Waals surface area contributed by atoms with Crippen molar-refractivity contribution in [2.45, 2.75) is 12.4 Å². The minimum Gasteiger partial charge on any atom is -0.402 e. The summed E-state index contributed by atoms with van der Waals surface area (Å²) in [6.45, 7) is -3.77. The van der Waals surface area contributed by atoms with Gasteiger partial charge in [0.15, 0.2) is 0 Å². The van der Waals surface area contributed by atoms with Crippen molar-refractivity contribution in [2.24, 2.45) is 0 Å². The molecule has 10 heteroatoms. The summed E-state index contributed by atoms with van der Waals surface area (Å²) in [5, 5.41) is 8.33. The lowest BCUT2D eigenvalue weighted by Crippen LogP contribution is -2.32. The smallest absolute Gasteiger partial charge is 0.402 e. The Morgan fingerprint density at radius 3 is 1.36 bits per heavy atom. The molecule has 0 saturated carbocycles. The number of rotatable bonds is 4. The second-order valence-electron chi connectivity index (χ2n) is 2.16. The lowest BCUT2D eigenvalue weighted by atomic mass is 10.2. The van der Waals surface area contributed by atoms with Crippen LogP contribution >= 0.6 is 0 Å². The van der Waals surface area contributed by atoms with Crippen LogP contribution in [0.5, 0.6) is 0 Å². The van der Waals surface area contributed by atoms with Gasteiger partial charge in [0, 0.05) is 0 Å². The molecule has 14 heavy (non-hydrogen) atoms. The molecular formula is C4H5BF6O3. The average molecular weight is 226 g/mol. The van der Waals surface area contributed by atoms with Crippen LogP contribution in [0, 0.1) is 0 Å². The van der Waals surface area contributed by atoms with E-state index in [2.05, 4.69) is 9.31 Å². The fourth-order valence-corrected chi connectivity index (χ4v) is 0.380. The molecule has 0 unspecified atom stereocenters. The lowest BCUT2D eigenvalue weighted by Gasteiger charge is -2.11. The summed E-state index contributed by atoms with van der Waals surface area (Å²) in [5.41, 5.74) is 0. The van der Waals surface area contributed by atoms with Crippen molar-refractivity contribution < 1.29 is 40.7 Å². The van der Waals surface area contributed by atoms with Crippen LogP contribution in [0.1, 0.15) is 0 Å². The average Bonchev–Trinajstić information content (AvgIpc) is 1.94. The van der Waals surface area contributed by atoms with Gasteiger partial charge in [-0.25, -0.2) is 0 Å².